The molecule has 5 heteroatoms. The van der Waals surface area contributed by atoms with Crippen LogP contribution in [0.4, 0.5) is 5.69 Å². The first-order valence-electron chi connectivity index (χ1n) is 6.99. The molecule has 0 aliphatic carbocycles. The van der Waals surface area contributed by atoms with Gasteiger partial charge in [0.1, 0.15) is 0 Å². The Balaban J connectivity index is 2.06. The molecule has 108 valence electrons. The van der Waals surface area contributed by atoms with E-state index in [0.717, 1.165) is 23.9 Å². The normalized spacial score (nSPS) is 16.2. The predicted molar refractivity (Wildman–Crippen MR) is 83.7 cm³/mol. The van der Waals surface area contributed by atoms with Gasteiger partial charge in [-0.05, 0) is 31.4 Å². The summed E-state index contributed by atoms with van der Waals surface area (Å²) in [5, 5.41) is 9.72. The molecular weight excluding hydrogens is 272 g/mol. The SMILES string of the molecule is O=C(O)CCSC(=Nc1ccccc1)N1CCCCC1. The van der Waals surface area contributed by atoms with E-state index in [0.29, 0.717) is 5.75 Å². The zero-order chi connectivity index (χ0) is 14.2. The lowest BCUT2D eigenvalue weighted by Crippen LogP contribution is -2.34. The van der Waals surface area contributed by atoms with Gasteiger partial charge >= 0.3 is 5.97 Å². The van der Waals surface area contributed by atoms with Crippen molar-refractivity contribution in [2.45, 2.75) is 25.7 Å². The number of hydrogen-bond donors (Lipinski definition) is 1. The number of aliphatic carboxylic acids is 1. The molecule has 0 radical (unpaired) electrons. The highest BCUT2D eigenvalue weighted by Crippen LogP contribution is 2.21. The Labute approximate surface area is 123 Å². The van der Waals surface area contributed by atoms with Crippen molar-refractivity contribution in [2.24, 2.45) is 4.99 Å². The Bertz CT molecular complexity index is 456. The van der Waals surface area contributed by atoms with Crippen LogP contribution in [0.3, 0.4) is 0 Å². The van der Waals surface area contributed by atoms with Gasteiger partial charge in [0.25, 0.3) is 0 Å². The third-order valence-electron chi connectivity index (χ3n) is 3.15. The zero-order valence-electron chi connectivity index (χ0n) is 11.5. The van der Waals surface area contributed by atoms with E-state index in [1.54, 1.807) is 11.8 Å². The first-order valence-corrected chi connectivity index (χ1v) is 7.97. The lowest BCUT2D eigenvalue weighted by atomic mass is 10.1. The maximum Gasteiger partial charge on any atom is 0.304 e. The van der Waals surface area contributed by atoms with Crippen molar-refractivity contribution in [3.05, 3.63) is 30.3 Å². The van der Waals surface area contributed by atoms with Crippen LogP contribution in [0.15, 0.2) is 35.3 Å². The number of amidine groups is 1. The standard InChI is InChI=1S/C15H20N2O2S/c18-14(19)9-12-20-15(17-10-5-2-6-11-17)16-13-7-3-1-4-8-13/h1,3-4,7-8H,2,5-6,9-12H2,(H,18,19). The minimum atomic E-state index is -0.754. The van der Waals surface area contributed by atoms with Crippen LogP contribution >= 0.6 is 11.8 Å². The number of para-hydroxylation sites is 1. The first-order chi connectivity index (χ1) is 9.75. The third kappa shape index (κ3) is 4.89. The quantitative estimate of drug-likeness (QED) is 0.683. The highest BCUT2D eigenvalue weighted by Gasteiger charge is 2.15. The van der Waals surface area contributed by atoms with Crippen LogP contribution in [0.25, 0.3) is 0 Å². The van der Waals surface area contributed by atoms with Crippen molar-refractivity contribution in [3.63, 3.8) is 0 Å². The van der Waals surface area contributed by atoms with Crippen molar-refractivity contribution in [2.75, 3.05) is 18.8 Å². The largest absolute Gasteiger partial charge is 0.481 e. The molecule has 1 fully saturated rings. The summed E-state index contributed by atoms with van der Waals surface area (Å²) in [5.74, 6) is -0.187. The minimum Gasteiger partial charge on any atom is -0.481 e. The molecule has 0 atom stereocenters. The average Bonchev–Trinajstić information content (AvgIpc) is 2.48. The number of piperidine rings is 1. The van der Waals surface area contributed by atoms with E-state index in [9.17, 15) is 4.79 Å². The van der Waals surface area contributed by atoms with Crippen molar-refractivity contribution in [1.29, 1.82) is 0 Å². The molecule has 0 aromatic heterocycles. The summed E-state index contributed by atoms with van der Waals surface area (Å²) in [7, 11) is 0. The summed E-state index contributed by atoms with van der Waals surface area (Å²) in [6.45, 7) is 2.04. The van der Waals surface area contributed by atoms with Gasteiger partial charge in [0.15, 0.2) is 5.17 Å². The van der Waals surface area contributed by atoms with Crippen LogP contribution in [0.1, 0.15) is 25.7 Å². The van der Waals surface area contributed by atoms with E-state index in [2.05, 4.69) is 4.90 Å². The Morgan fingerprint density at radius 3 is 2.55 bits per heavy atom. The molecule has 1 aromatic carbocycles. The molecule has 1 aliphatic heterocycles. The smallest absolute Gasteiger partial charge is 0.304 e. The number of carbonyl (C=O) groups is 1. The second kappa shape index (κ2) is 7.94. The molecular formula is C15H20N2O2S. The second-order valence-electron chi connectivity index (χ2n) is 4.77. The number of rotatable bonds is 4. The van der Waals surface area contributed by atoms with Gasteiger partial charge in [-0.3, -0.25) is 4.79 Å². The second-order valence-corrected chi connectivity index (χ2v) is 5.83. The van der Waals surface area contributed by atoms with Crippen LogP contribution in [-0.4, -0.2) is 40.0 Å². The number of carboxylic acid groups (broad SMARTS) is 1. The molecule has 1 aromatic rings. The predicted octanol–water partition coefficient (Wildman–Crippen LogP) is 3.37. The maximum absolute atomic E-state index is 10.6. The number of hydrogen-bond acceptors (Lipinski definition) is 3. The van der Waals surface area contributed by atoms with E-state index in [-0.39, 0.29) is 6.42 Å². The van der Waals surface area contributed by atoms with Crippen LogP contribution < -0.4 is 0 Å². The molecule has 4 nitrogen and oxygen atoms in total. The highest BCUT2D eigenvalue weighted by atomic mass is 32.2. The topological polar surface area (TPSA) is 52.9 Å². The third-order valence-corrected chi connectivity index (χ3v) is 4.17. The van der Waals surface area contributed by atoms with Gasteiger partial charge in [-0.2, -0.15) is 0 Å². The molecule has 1 N–H and O–H groups in total. The minimum absolute atomic E-state index is 0.173. The number of likely N-dealkylation sites (tertiary alicyclic amines) is 1. The van der Waals surface area contributed by atoms with Gasteiger partial charge in [0, 0.05) is 18.8 Å². The van der Waals surface area contributed by atoms with E-state index in [4.69, 9.17) is 10.1 Å². The number of carboxylic acids is 1. The summed E-state index contributed by atoms with van der Waals surface area (Å²) in [6, 6.07) is 9.85. The molecule has 0 unspecified atom stereocenters. The number of thioether (sulfide) groups is 1. The van der Waals surface area contributed by atoms with Gasteiger partial charge in [-0.1, -0.05) is 30.0 Å². The lowest BCUT2D eigenvalue weighted by Gasteiger charge is -2.29. The molecule has 0 amide bonds. The monoisotopic (exact) mass is 292 g/mol. The number of aliphatic imine (C=N–C) groups is 1. The molecule has 0 saturated carbocycles. The van der Waals surface area contributed by atoms with Gasteiger partial charge in [-0.15, -0.1) is 0 Å². The Morgan fingerprint density at radius 2 is 1.90 bits per heavy atom. The summed E-state index contributed by atoms with van der Waals surface area (Å²) in [4.78, 5) is 17.6. The number of benzene rings is 1. The van der Waals surface area contributed by atoms with Crippen LogP contribution in [-0.2, 0) is 4.79 Å². The summed E-state index contributed by atoms with van der Waals surface area (Å²) in [5.41, 5.74) is 0.927. The van der Waals surface area contributed by atoms with Crippen molar-refractivity contribution in [1.82, 2.24) is 4.90 Å². The van der Waals surface area contributed by atoms with Crippen LogP contribution in [0, 0.1) is 0 Å². The molecule has 20 heavy (non-hydrogen) atoms. The van der Waals surface area contributed by atoms with Crippen LogP contribution in [0.2, 0.25) is 0 Å². The van der Waals surface area contributed by atoms with Gasteiger partial charge < -0.3 is 10.0 Å². The molecule has 1 aliphatic rings. The summed E-state index contributed by atoms with van der Waals surface area (Å²) in [6.07, 6.45) is 3.82. The Morgan fingerprint density at radius 1 is 1.20 bits per heavy atom. The highest BCUT2D eigenvalue weighted by molar-refractivity contribution is 8.13. The van der Waals surface area contributed by atoms with Gasteiger partial charge in [-0.25, -0.2) is 4.99 Å². The fourth-order valence-electron chi connectivity index (χ4n) is 2.12. The summed E-state index contributed by atoms with van der Waals surface area (Å²) < 4.78 is 0. The number of nitrogens with zero attached hydrogens (tertiary/aromatic N) is 2. The Hall–Kier alpha value is -1.49. The van der Waals surface area contributed by atoms with E-state index in [1.165, 1.54) is 19.3 Å². The average molecular weight is 292 g/mol. The van der Waals surface area contributed by atoms with E-state index < -0.39 is 5.97 Å². The molecule has 0 spiro atoms. The fourth-order valence-corrected chi connectivity index (χ4v) is 3.12. The van der Waals surface area contributed by atoms with Crippen molar-refractivity contribution < 1.29 is 9.90 Å². The molecule has 0 bridgehead atoms. The van der Waals surface area contributed by atoms with E-state index in [1.807, 2.05) is 30.3 Å². The molecule has 1 heterocycles. The Kier molecular flexibility index (Phi) is 5.92. The van der Waals surface area contributed by atoms with E-state index >= 15 is 0 Å². The summed E-state index contributed by atoms with van der Waals surface area (Å²) >= 11 is 1.55. The lowest BCUT2D eigenvalue weighted by molar-refractivity contribution is -0.136. The first kappa shape index (κ1) is 14.9. The van der Waals surface area contributed by atoms with Gasteiger partial charge in [0.2, 0.25) is 0 Å². The fraction of sp³-hybridized carbons (Fsp3) is 0.467. The zero-order valence-corrected chi connectivity index (χ0v) is 12.3. The molecule has 1 saturated heterocycles. The van der Waals surface area contributed by atoms with Crippen molar-refractivity contribution in [3.8, 4) is 0 Å². The van der Waals surface area contributed by atoms with Crippen molar-refractivity contribution >= 4 is 28.6 Å². The molecule has 2 rings (SSSR count). The van der Waals surface area contributed by atoms with Gasteiger partial charge in [0.05, 0.1) is 12.1 Å². The van der Waals surface area contributed by atoms with Crippen LogP contribution in [0.5, 0.6) is 0 Å². The maximum atomic E-state index is 10.6.